The zero-order valence-electron chi connectivity index (χ0n) is 16.8. The Bertz CT molecular complexity index is 877. The van der Waals surface area contributed by atoms with E-state index in [1.165, 1.54) is 10.4 Å². The molecule has 0 bridgehead atoms. The fraction of sp³-hybridized carbons (Fsp3) is 0.650. The van der Waals surface area contributed by atoms with Gasteiger partial charge in [-0.05, 0) is 43.1 Å². The van der Waals surface area contributed by atoms with Crippen LogP contribution in [0.5, 0.6) is 0 Å². The summed E-state index contributed by atoms with van der Waals surface area (Å²) in [5, 5.41) is 3.74. The van der Waals surface area contributed by atoms with Crippen molar-refractivity contribution in [2.45, 2.75) is 65.3 Å². The lowest BCUT2D eigenvalue weighted by atomic mass is 9.89. The van der Waals surface area contributed by atoms with Crippen molar-refractivity contribution in [3.05, 3.63) is 26.6 Å². The van der Waals surface area contributed by atoms with Gasteiger partial charge in [0.2, 0.25) is 5.91 Å². The van der Waals surface area contributed by atoms with Crippen molar-refractivity contribution >= 4 is 39.9 Å². The number of aromatic nitrogens is 2. The van der Waals surface area contributed by atoms with Gasteiger partial charge in [-0.2, -0.15) is 0 Å². The fourth-order valence-electron chi connectivity index (χ4n) is 3.83. The maximum Gasteiger partial charge on any atom is 0.259 e. The number of aromatic amines is 1. The van der Waals surface area contributed by atoms with Crippen LogP contribution in [-0.4, -0.2) is 28.5 Å². The van der Waals surface area contributed by atoms with Gasteiger partial charge < -0.3 is 16.0 Å². The Morgan fingerprint density at radius 1 is 1.43 bits per heavy atom. The average Bonchev–Trinajstić information content (AvgIpc) is 2.96. The lowest BCUT2D eigenvalue weighted by Gasteiger charge is -2.18. The largest absolute Gasteiger partial charge is 0.352 e. The number of hydrogen-bond donors (Lipinski definition) is 3. The number of amides is 1. The number of thiophene rings is 1. The number of rotatable bonds is 7. The molecule has 8 heteroatoms. The summed E-state index contributed by atoms with van der Waals surface area (Å²) in [4.78, 5) is 34.5. The third kappa shape index (κ3) is 5.33. The molecule has 0 aromatic carbocycles. The number of H-pyrrole nitrogens is 1. The number of hydrogen-bond acceptors (Lipinski definition) is 5. The van der Waals surface area contributed by atoms with Crippen LogP contribution in [0.1, 0.15) is 56.3 Å². The molecule has 0 radical (unpaired) electrons. The lowest BCUT2D eigenvalue weighted by molar-refractivity contribution is -0.121. The van der Waals surface area contributed by atoms with Gasteiger partial charge in [-0.15, -0.1) is 23.7 Å². The van der Waals surface area contributed by atoms with Crippen LogP contribution in [-0.2, 0) is 24.1 Å². The third-order valence-corrected chi connectivity index (χ3v) is 6.36. The molecule has 0 saturated heterocycles. The highest BCUT2D eigenvalue weighted by molar-refractivity contribution is 7.18. The van der Waals surface area contributed by atoms with Gasteiger partial charge in [0.15, 0.2) is 0 Å². The maximum absolute atomic E-state index is 12.6. The van der Waals surface area contributed by atoms with Gasteiger partial charge in [0.25, 0.3) is 5.56 Å². The number of nitrogens with two attached hydrogens (primary N) is 1. The molecule has 0 aliphatic heterocycles. The number of carbonyl (C=O) groups excluding carboxylic acids is 1. The van der Waals surface area contributed by atoms with E-state index in [2.05, 4.69) is 36.1 Å². The molecule has 0 saturated carbocycles. The molecule has 1 aliphatic rings. The van der Waals surface area contributed by atoms with Crippen molar-refractivity contribution < 1.29 is 4.79 Å². The quantitative estimate of drug-likeness (QED) is 0.633. The second-order valence-corrected chi connectivity index (χ2v) is 9.26. The molecule has 6 nitrogen and oxygen atoms in total. The first kappa shape index (κ1) is 22.8. The van der Waals surface area contributed by atoms with E-state index < -0.39 is 0 Å². The Kier molecular flexibility index (Phi) is 8.04. The second-order valence-electron chi connectivity index (χ2n) is 8.17. The first-order valence-corrected chi connectivity index (χ1v) is 10.7. The SMILES string of the molecule is CC(C)CC(CN)NC(=O)CCc1nc2sc3c(c2c(=O)[nH]1)CCC(C)C3.Cl. The van der Waals surface area contributed by atoms with Crippen LogP contribution in [0.15, 0.2) is 4.79 Å². The molecule has 2 atom stereocenters. The average molecular weight is 427 g/mol. The first-order chi connectivity index (χ1) is 12.9. The summed E-state index contributed by atoms with van der Waals surface area (Å²) in [5.41, 5.74) is 6.86. The van der Waals surface area contributed by atoms with Crippen molar-refractivity contribution in [3.8, 4) is 0 Å². The van der Waals surface area contributed by atoms with Crippen molar-refractivity contribution in [1.82, 2.24) is 15.3 Å². The van der Waals surface area contributed by atoms with E-state index in [4.69, 9.17) is 5.73 Å². The van der Waals surface area contributed by atoms with Crippen molar-refractivity contribution in [3.63, 3.8) is 0 Å². The standard InChI is InChI=1S/C20H30N4O2S.ClH/c1-11(2)8-13(10-21)22-17(25)7-6-16-23-19(26)18-14-5-4-12(3)9-15(14)27-20(18)24-16;/h11-13H,4-10,21H2,1-3H3,(H,22,25)(H,23,24,26);1H. The van der Waals surface area contributed by atoms with E-state index in [1.54, 1.807) is 11.3 Å². The second kappa shape index (κ2) is 9.85. The predicted octanol–water partition coefficient (Wildman–Crippen LogP) is 2.95. The Balaban J connectivity index is 0.00000280. The smallest absolute Gasteiger partial charge is 0.259 e. The van der Waals surface area contributed by atoms with Crippen LogP contribution in [0.3, 0.4) is 0 Å². The highest BCUT2D eigenvalue weighted by atomic mass is 35.5. The Morgan fingerprint density at radius 2 is 2.18 bits per heavy atom. The number of nitrogens with zero attached hydrogens (tertiary/aromatic N) is 1. The van der Waals surface area contributed by atoms with Gasteiger partial charge >= 0.3 is 0 Å². The molecular formula is C20H31ClN4O2S. The molecule has 28 heavy (non-hydrogen) atoms. The minimum absolute atomic E-state index is 0. The van der Waals surface area contributed by atoms with E-state index in [1.807, 2.05) is 0 Å². The summed E-state index contributed by atoms with van der Waals surface area (Å²) >= 11 is 1.64. The van der Waals surface area contributed by atoms with Gasteiger partial charge in [0, 0.05) is 30.3 Å². The monoisotopic (exact) mass is 426 g/mol. The van der Waals surface area contributed by atoms with E-state index >= 15 is 0 Å². The molecular weight excluding hydrogens is 396 g/mol. The van der Waals surface area contributed by atoms with Gasteiger partial charge in [-0.25, -0.2) is 4.98 Å². The molecule has 0 fully saturated rings. The van der Waals surface area contributed by atoms with E-state index in [0.717, 1.165) is 35.9 Å². The zero-order chi connectivity index (χ0) is 19.6. The van der Waals surface area contributed by atoms with Gasteiger partial charge in [-0.3, -0.25) is 9.59 Å². The molecule has 2 aromatic rings. The number of carbonyl (C=O) groups is 1. The molecule has 2 heterocycles. The topological polar surface area (TPSA) is 101 Å². The van der Waals surface area contributed by atoms with Crippen LogP contribution in [0.25, 0.3) is 10.2 Å². The van der Waals surface area contributed by atoms with E-state index in [9.17, 15) is 9.59 Å². The van der Waals surface area contributed by atoms with Gasteiger partial charge in [-0.1, -0.05) is 20.8 Å². The summed E-state index contributed by atoms with van der Waals surface area (Å²) < 4.78 is 0. The summed E-state index contributed by atoms with van der Waals surface area (Å²) in [6.07, 6.45) is 4.70. The van der Waals surface area contributed by atoms with E-state index in [-0.39, 0.29) is 29.9 Å². The lowest BCUT2D eigenvalue weighted by Crippen LogP contribution is -2.41. The number of halogens is 1. The van der Waals surface area contributed by atoms with Crippen molar-refractivity contribution in [2.75, 3.05) is 6.54 Å². The summed E-state index contributed by atoms with van der Waals surface area (Å²) in [6.45, 7) is 6.91. The Morgan fingerprint density at radius 3 is 2.86 bits per heavy atom. The number of nitrogens with one attached hydrogen (secondary N) is 2. The molecule has 0 spiro atoms. The molecule has 2 aromatic heterocycles. The Labute approximate surface area is 176 Å². The minimum atomic E-state index is -0.0675. The first-order valence-electron chi connectivity index (χ1n) is 9.90. The number of fused-ring (bicyclic) bond motifs is 3. The van der Waals surface area contributed by atoms with Crippen LogP contribution in [0.2, 0.25) is 0 Å². The van der Waals surface area contributed by atoms with Crippen LogP contribution in [0.4, 0.5) is 0 Å². The minimum Gasteiger partial charge on any atom is -0.352 e. The summed E-state index contributed by atoms with van der Waals surface area (Å²) in [6, 6.07) is -0.00185. The van der Waals surface area contributed by atoms with Crippen molar-refractivity contribution in [2.24, 2.45) is 17.6 Å². The number of aryl methyl sites for hydroxylation is 2. The predicted molar refractivity (Wildman–Crippen MR) is 117 cm³/mol. The van der Waals surface area contributed by atoms with Crippen LogP contribution < -0.4 is 16.6 Å². The molecule has 4 N–H and O–H groups in total. The van der Waals surface area contributed by atoms with E-state index in [0.29, 0.717) is 37.0 Å². The maximum atomic E-state index is 12.6. The molecule has 1 amide bonds. The molecule has 2 unspecified atom stereocenters. The fourth-order valence-corrected chi connectivity index (χ4v) is 5.23. The zero-order valence-corrected chi connectivity index (χ0v) is 18.5. The highest BCUT2D eigenvalue weighted by Gasteiger charge is 2.23. The Hall–Kier alpha value is -1.44. The van der Waals surface area contributed by atoms with Crippen LogP contribution in [0, 0.1) is 11.8 Å². The molecule has 1 aliphatic carbocycles. The van der Waals surface area contributed by atoms with Gasteiger partial charge in [0.1, 0.15) is 10.7 Å². The normalized spacial score (nSPS) is 17.2. The molecule has 156 valence electrons. The summed E-state index contributed by atoms with van der Waals surface area (Å²) in [5.74, 6) is 1.68. The summed E-state index contributed by atoms with van der Waals surface area (Å²) in [7, 11) is 0. The van der Waals surface area contributed by atoms with Gasteiger partial charge in [0.05, 0.1) is 5.39 Å². The molecule has 3 rings (SSSR count). The third-order valence-electron chi connectivity index (χ3n) is 5.21. The highest BCUT2D eigenvalue weighted by Crippen LogP contribution is 2.35. The van der Waals surface area contributed by atoms with Crippen LogP contribution >= 0.6 is 23.7 Å². The van der Waals surface area contributed by atoms with Crippen molar-refractivity contribution in [1.29, 1.82) is 0 Å².